The highest BCUT2D eigenvalue weighted by Crippen LogP contribution is 2.64. The van der Waals surface area contributed by atoms with Gasteiger partial charge in [0.05, 0.1) is 0 Å². The van der Waals surface area contributed by atoms with Gasteiger partial charge in [0.2, 0.25) is 0 Å². The molecule has 1 saturated heterocycles. The predicted molar refractivity (Wildman–Crippen MR) is 73.1 cm³/mol. The van der Waals surface area contributed by atoms with E-state index in [2.05, 4.69) is 6.92 Å². The van der Waals surface area contributed by atoms with Crippen molar-refractivity contribution in [2.24, 2.45) is 11.3 Å². The Kier molecular flexibility index (Phi) is 4.03. The van der Waals surface area contributed by atoms with Gasteiger partial charge in [-0.2, -0.15) is 0 Å². The lowest BCUT2D eigenvalue weighted by molar-refractivity contribution is -0.156. The third-order valence-corrected chi connectivity index (χ3v) is 5.27. The van der Waals surface area contributed by atoms with Gasteiger partial charge in [-0.1, -0.05) is 6.92 Å². The summed E-state index contributed by atoms with van der Waals surface area (Å²) in [6.45, 7) is 5.10. The zero-order valence-corrected chi connectivity index (χ0v) is 12.8. The SMILES string of the molecule is CC1CCN(C(=O)COC(=O)C2(C)CC2(Cl)Cl)CC1. The first-order valence-corrected chi connectivity index (χ1v) is 7.35. The molecule has 1 aliphatic heterocycles. The van der Waals surface area contributed by atoms with Crippen LogP contribution in [0.25, 0.3) is 0 Å². The molecule has 0 aromatic carbocycles. The Labute approximate surface area is 123 Å². The monoisotopic (exact) mass is 307 g/mol. The number of likely N-dealkylation sites (tertiary alicyclic amines) is 1. The number of rotatable bonds is 3. The van der Waals surface area contributed by atoms with E-state index in [1.807, 2.05) is 0 Å². The molecule has 0 spiro atoms. The molecule has 0 N–H and O–H groups in total. The minimum atomic E-state index is -1.05. The third-order valence-electron chi connectivity index (χ3n) is 4.17. The molecular weight excluding hydrogens is 289 g/mol. The van der Waals surface area contributed by atoms with Crippen LogP contribution in [0.4, 0.5) is 0 Å². The lowest BCUT2D eigenvalue weighted by Crippen LogP contribution is -2.40. The van der Waals surface area contributed by atoms with Crippen LogP contribution in [-0.4, -0.2) is 40.8 Å². The van der Waals surface area contributed by atoms with Crippen LogP contribution in [-0.2, 0) is 14.3 Å². The highest BCUT2D eigenvalue weighted by molar-refractivity contribution is 6.53. The summed E-state index contributed by atoms with van der Waals surface area (Å²) < 4.78 is 4.00. The van der Waals surface area contributed by atoms with Crippen molar-refractivity contribution in [3.05, 3.63) is 0 Å². The van der Waals surface area contributed by atoms with Crippen LogP contribution in [0, 0.1) is 11.3 Å². The molecule has 6 heteroatoms. The average molecular weight is 308 g/mol. The number of nitrogens with zero attached hydrogens (tertiary/aromatic N) is 1. The maximum absolute atomic E-state index is 11.9. The van der Waals surface area contributed by atoms with Crippen LogP contribution in [0.3, 0.4) is 0 Å². The fraction of sp³-hybridized carbons (Fsp3) is 0.846. The van der Waals surface area contributed by atoms with Gasteiger partial charge in [0.15, 0.2) is 6.61 Å². The number of halogens is 2. The lowest BCUT2D eigenvalue weighted by atomic mass is 9.99. The number of amides is 1. The molecule has 4 nitrogen and oxygen atoms in total. The minimum absolute atomic E-state index is 0.140. The van der Waals surface area contributed by atoms with E-state index in [0.717, 1.165) is 25.9 Å². The molecule has 1 amide bonds. The number of alkyl halides is 2. The van der Waals surface area contributed by atoms with Crippen LogP contribution < -0.4 is 0 Å². The third kappa shape index (κ3) is 3.00. The van der Waals surface area contributed by atoms with Gasteiger partial charge in [-0.15, -0.1) is 23.2 Å². The van der Waals surface area contributed by atoms with Crippen molar-refractivity contribution in [2.75, 3.05) is 19.7 Å². The normalized spacial score (nSPS) is 30.0. The van der Waals surface area contributed by atoms with Gasteiger partial charge in [-0.05, 0) is 25.7 Å². The van der Waals surface area contributed by atoms with Crippen LogP contribution in [0.2, 0.25) is 0 Å². The van der Waals surface area contributed by atoms with E-state index >= 15 is 0 Å². The van der Waals surface area contributed by atoms with Gasteiger partial charge in [-0.25, -0.2) is 0 Å². The summed E-state index contributed by atoms with van der Waals surface area (Å²) in [5.74, 6) is 0.0283. The maximum atomic E-state index is 11.9. The second kappa shape index (κ2) is 5.13. The second-order valence-electron chi connectivity index (χ2n) is 5.85. The number of piperidine rings is 1. The molecule has 1 saturated carbocycles. The molecule has 0 aromatic heterocycles. The van der Waals surface area contributed by atoms with Crippen molar-refractivity contribution in [1.29, 1.82) is 0 Å². The largest absolute Gasteiger partial charge is 0.455 e. The number of esters is 1. The molecule has 0 radical (unpaired) electrons. The zero-order chi connectivity index (χ0) is 14.3. The topological polar surface area (TPSA) is 46.6 Å². The molecular formula is C13H19Cl2NO3. The van der Waals surface area contributed by atoms with Crippen LogP contribution >= 0.6 is 23.2 Å². The van der Waals surface area contributed by atoms with Crippen molar-refractivity contribution in [1.82, 2.24) is 4.90 Å². The van der Waals surface area contributed by atoms with Crippen molar-refractivity contribution < 1.29 is 14.3 Å². The fourth-order valence-electron chi connectivity index (χ4n) is 2.26. The number of hydrogen-bond donors (Lipinski definition) is 0. The molecule has 1 atom stereocenters. The van der Waals surface area contributed by atoms with Crippen LogP contribution in [0.5, 0.6) is 0 Å². The minimum Gasteiger partial charge on any atom is -0.455 e. The van der Waals surface area contributed by atoms with E-state index < -0.39 is 15.7 Å². The first kappa shape index (κ1) is 14.9. The number of carbonyl (C=O) groups excluding carboxylic acids is 2. The van der Waals surface area contributed by atoms with Crippen molar-refractivity contribution in [3.8, 4) is 0 Å². The van der Waals surface area contributed by atoms with Crippen molar-refractivity contribution in [2.45, 2.75) is 37.4 Å². The summed E-state index contributed by atoms with van der Waals surface area (Å²) in [6.07, 6.45) is 2.38. The van der Waals surface area contributed by atoms with Gasteiger partial charge in [-0.3, -0.25) is 9.59 Å². The highest BCUT2D eigenvalue weighted by Gasteiger charge is 2.69. The summed E-state index contributed by atoms with van der Waals surface area (Å²) in [6, 6.07) is 0. The van der Waals surface area contributed by atoms with Crippen molar-refractivity contribution >= 4 is 35.1 Å². The summed E-state index contributed by atoms with van der Waals surface area (Å²) >= 11 is 11.8. The molecule has 0 bridgehead atoms. The number of carbonyl (C=O) groups is 2. The molecule has 2 rings (SSSR count). The van der Waals surface area contributed by atoms with Crippen molar-refractivity contribution in [3.63, 3.8) is 0 Å². The lowest BCUT2D eigenvalue weighted by Gasteiger charge is -2.30. The average Bonchev–Trinajstić information content (AvgIpc) is 2.87. The van der Waals surface area contributed by atoms with E-state index in [1.165, 1.54) is 0 Å². The van der Waals surface area contributed by atoms with Gasteiger partial charge < -0.3 is 9.64 Å². The summed E-state index contributed by atoms with van der Waals surface area (Å²) in [5.41, 5.74) is -0.868. The molecule has 19 heavy (non-hydrogen) atoms. The Morgan fingerprint density at radius 3 is 2.32 bits per heavy atom. The van der Waals surface area contributed by atoms with Crippen LogP contribution in [0.1, 0.15) is 33.1 Å². The molecule has 1 unspecified atom stereocenters. The molecule has 0 aromatic rings. The van der Waals surface area contributed by atoms with E-state index in [9.17, 15) is 9.59 Å². The summed E-state index contributed by atoms with van der Waals surface area (Å²) in [7, 11) is 0. The van der Waals surface area contributed by atoms with E-state index in [0.29, 0.717) is 12.3 Å². The Bertz CT molecular complexity index is 391. The smallest absolute Gasteiger partial charge is 0.315 e. The number of ether oxygens (including phenoxy) is 1. The molecule has 108 valence electrons. The maximum Gasteiger partial charge on any atom is 0.315 e. The van der Waals surface area contributed by atoms with E-state index in [1.54, 1.807) is 11.8 Å². The van der Waals surface area contributed by atoms with E-state index in [-0.39, 0.29) is 12.5 Å². The van der Waals surface area contributed by atoms with Gasteiger partial charge in [0.1, 0.15) is 9.75 Å². The first-order chi connectivity index (χ1) is 8.76. The second-order valence-corrected chi connectivity index (χ2v) is 7.34. The standard InChI is InChI=1S/C13H19Cl2NO3/c1-9-3-5-16(6-4-9)10(17)7-19-11(18)12(2)8-13(12,14)15/h9H,3-8H2,1-2H3. The molecule has 2 fully saturated rings. The Morgan fingerprint density at radius 2 is 1.84 bits per heavy atom. The quantitative estimate of drug-likeness (QED) is 0.594. The summed E-state index contributed by atoms with van der Waals surface area (Å²) in [4.78, 5) is 25.5. The van der Waals surface area contributed by atoms with Gasteiger partial charge >= 0.3 is 5.97 Å². The zero-order valence-electron chi connectivity index (χ0n) is 11.2. The molecule has 2 aliphatic rings. The number of hydrogen-bond acceptors (Lipinski definition) is 3. The summed E-state index contributed by atoms with van der Waals surface area (Å²) in [5, 5.41) is 0. The van der Waals surface area contributed by atoms with E-state index in [4.69, 9.17) is 27.9 Å². The Morgan fingerprint density at radius 1 is 1.32 bits per heavy atom. The van der Waals surface area contributed by atoms with Crippen LogP contribution in [0.15, 0.2) is 0 Å². The Balaban J connectivity index is 1.77. The fourth-order valence-corrected chi connectivity index (χ4v) is 2.95. The first-order valence-electron chi connectivity index (χ1n) is 6.59. The highest BCUT2D eigenvalue weighted by atomic mass is 35.5. The van der Waals surface area contributed by atoms with Gasteiger partial charge in [0, 0.05) is 19.5 Å². The molecule has 1 aliphatic carbocycles. The van der Waals surface area contributed by atoms with Gasteiger partial charge in [0.25, 0.3) is 5.91 Å². The molecule has 1 heterocycles. The Hall–Kier alpha value is -0.480. The predicted octanol–water partition coefficient (Wildman–Crippen LogP) is 2.37.